The Morgan fingerprint density at radius 3 is 2.63 bits per heavy atom. The van der Waals surface area contributed by atoms with E-state index in [1.54, 1.807) is 19.4 Å². The van der Waals surface area contributed by atoms with Crippen LogP contribution in [0.3, 0.4) is 0 Å². The number of methoxy groups -OCH3 is 1. The smallest absolute Gasteiger partial charge is 0.191 e. The van der Waals surface area contributed by atoms with Crippen LogP contribution in [0, 0.1) is 6.92 Å². The molecule has 152 valence electrons. The van der Waals surface area contributed by atoms with Crippen molar-refractivity contribution in [2.75, 3.05) is 12.4 Å². The molecule has 0 fully saturated rings. The Morgan fingerprint density at radius 1 is 1.10 bits per heavy atom. The molecule has 0 saturated heterocycles. The fourth-order valence-electron chi connectivity index (χ4n) is 3.73. The Bertz CT molecular complexity index is 1160. The van der Waals surface area contributed by atoms with Gasteiger partial charge in [-0.25, -0.2) is 0 Å². The summed E-state index contributed by atoms with van der Waals surface area (Å²) in [6.07, 6.45) is 1.78. The van der Waals surface area contributed by atoms with E-state index < -0.39 is 6.04 Å². The van der Waals surface area contributed by atoms with Crippen molar-refractivity contribution < 1.29 is 14.6 Å². The molecule has 0 aliphatic rings. The molecule has 3 aromatic carbocycles. The number of rotatable bonds is 7. The summed E-state index contributed by atoms with van der Waals surface area (Å²) < 4.78 is 5.35. The third-order valence-electron chi connectivity index (χ3n) is 5.28. The molecule has 5 nitrogen and oxygen atoms in total. The van der Waals surface area contributed by atoms with Crippen LogP contribution in [-0.4, -0.2) is 23.0 Å². The monoisotopic (exact) mass is 400 g/mol. The standard InChI is InChI=1S/C25H24N2O3/c1-16-7-6-10-21-22(14-26-23(16)21)25(29)24(18-8-4-3-5-9-18)27-19-11-17(15-28)12-20(13-19)30-2/h3-14,24,26-28H,15H2,1-2H3. The molecule has 30 heavy (non-hydrogen) atoms. The van der Waals surface area contributed by atoms with Crippen molar-refractivity contribution in [2.45, 2.75) is 19.6 Å². The Hall–Kier alpha value is -3.57. The van der Waals surface area contributed by atoms with Gasteiger partial charge in [0.15, 0.2) is 5.78 Å². The molecular formula is C25H24N2O3. The van der Waals surface area contributed by atoms with Crippen LogP contribution in [0.1, 0.15) is 33.1 Å². The van der Waals surface area contributed by atoms with Crippen molar-refractivity contribution >= 4 is 22.4 Å². The highest BCUT2D eigenvalue weighted by molar-refractivity contribution is 6.11. The van der Waals surface area contributed by atoms with Gasteiger partial charge in [-0.3, -0.25) is 4.79 Å². The molecule has 0 aliphatic heterocycles. The molecule has 5 heteroatoms. The van der Waals surface area contributed by atoms with Crippen molar-refractivity contribution in [3.05, 3.63) is 95.2 Å². The number of ketones is 1. The molecule has 0 amide bonds. The molecule has 1 aromatic heterocycles. The summed E-state index contributed by atoms with van der Waals surface area (Å²) in [4.78, 5) is 16.9. The lowest BCUT2D eigenvalue weighted by atomic mass is 9.96. The number of H-pyrrole nitrogens is 1. The number of aliphatic hydroxyl groups excluding tert-OH is 1. The number of aromatic nitrogens is 1. The second kappa shape index (κ2) is 8.43. The summed E-state index contributed by atoms with van der Waals surface area (Å²) in [5.41, 5.74) is 4.97. The second-order valence-corrected chi connectivity index (χ2v) is 7.28. The number of ether oxygens (including phenoxy) is 1. The average Bonchev–Trinajstić information content (AvgIpc) is 3.23. The first kappa shape index (κ1) is 19.7. The molecule has 1 atom stereocenters. The van der Waals surface area contributed by atoms with Crippen molar-refractivity contribution in [2.24, 2.45) is 0 Å². The molecule has 0 radical (unpaired) electrons. The van der Waals surface area contributed by atoms with E-state index in [0.29, 0.717) is 22.6 Å². The molecule has 3 N–H and O–H groups in total. The zero-order valence-electron chi connectivity index (χ0n) is 17.0. The van der Waals surface area contributed by atoms with Gasteiger partial charge < -0.3 is 20.1 Å². The molecule has 1 unspecified atom stereocenters. The zero-order chi connectivity index (χ0) is 21.1. The fraction of sp³-hybridized carbons (Fsp3) is 0.160. The number of benzene rings is 3. The first-order valence-corrected chi connectivity index (χ1v) is 9.82. The van der Waals surface area contributed by atoms with Crippen LogP contribution in [0.4, 0.5) is 5.69 Å². The van der Waals surface area contributed by atoms with Gasteiger partial charge in [0, 0.05) is 34.4 Å². The molecule has 0 spiro atoms. The quantitative estimate of drug-likeness (QED) is 0.381. The van der Waals surface area contributed by atoms with E-state index in [2.05, 4.69) is 10.3 Å². The predicted octanol–water partition coefficient (Wildman–Crippen LogP) is 5.01. The van der Waals surface area contributed by atoms with E-state index in [-0.39, 0.29) is 12.4 Å². The van der Waals surface area contributed by atoms with Crippen LogP contribution in [0.25, 0.3) is 10.9 Å². The number of carbonyl (C=O) groups excluding carboxylic acids is 1. The number of hydrogen-bond acceptors (Lipinski definition) is 4. The van der Waals surface area contributed by atoms with E-state index >= 15 is 0 Å². The lowest BCUT2D eigenvalue weighted by Crippen LogP contribution is -2.21. The van der Waals surface area contributed by atoms with E-state index in [9.17, 15) is 9.90 Å². The maximum Gasteiger partial charge on any atom is 0.191 e. The largest absolute Gasteiger partial charge is 0.497 e. The number of Topliss-reactive ketones (excluding diaryl/α,β-unsaturated/α-hetero) is 1. The summed E-state index contributed by atoms with van der Waals surface area (Å²) in [5, 5.41) is 13.8. The highest BCUT2D eigenvalue weighted by Crippen LogP contribution is 2.30. The SMILES string of the molecule is COc1cc(CO)cc(NC(C(=O)c2c[nH]c3c(C)cccc23)c2ccccc2)c1. The summed E-state index contributed by atoms with van der Waals surface area (Å²) in [6, 6.07) is 20.4. The van der Waals surface area contributed by atoms with E-state index in [1.807, 2.05) is 67.6 Å². The fourth-order valence-corrected chi connectivity index (χ4v) is 3.73. The summed E-state index contributed by atoms with van der Waals surface area (Å²) >= 11 is 0. The lowest BCUT2D eigenvalue weighted by Gasteiger charge is -2.20. The van der Waals surface area contributed by atoms with Gasteiger partial charge in [-0.15, -0.1) is 0 Å². The highest BCUT2D eigenvalue weighted by atomic mass is 16.5. The van der Waals surface area contributed by atoms with Gasteiger partial charge >= 0.3 is 0 Å². The Labute approximate surface area is 175 Å². The maximum atomic E-state index is 13.7. The van der Waals surface area contributed by atoms with Gasteiger partial charge in [0.2, 0.25) is 0 Å². The van der Waals surface area contributed by atoms with Crippen molar-refractivity contribution in [1.29, 1.82) is 0 Å². The zero-order valence-corrected chi connectivity index (χ0v) is 17.0. The molecule has 1 heterocycles. The Balaban J connectivity index is 1.77. The number of fused-ring (bicyclic) bond motifs is 1. The number of aryl methyl sites for hydroxylation is 1. The number of aliphatic hydroxyl groups is 1. The number of hydrogen-bond donors (Lipinski definition) is 3. The first-order chi connectivity index (χ1) is 14.6. The molecule has 0 bridgehead atoms. The minimum Gasteiger partial charge on any atom is -0.497 e. The molecule has 4 aromatic rings. The molecule has 0 aliphatic carbocycles. The van der Waals surface area contributed by atoms with Gasteiger partial charge in [0.25, 0.3) is 0 Å². The normalized spacial score (nSPS) is 12.0. The second-order valence-electron chi connectivity index (χ2n) is 7.28. The number of carbonyl (C=O) groups is 1. The van der Waals surface area contributed by atoms with Gasteiger partial charge in [-0.05, 0) is 35.7 Å². The van der Waals surface area contributed by atoms with Crippen LogP contribution >= 0.6 is 0 Å². The van der Waals surface area contributed by atoms with Crippen LogP contribution in [0.2, 0.25) is 0 Å². The minimum absolute atomic E-state index is 0.0357. The molecular weight excluding hydrogens is 376 g/mol. The van der Waals surface area contributed by atoms with Crippen LogP contribution < -0.4 is 10.1 Å². The Kier molecular flexibility index (Phi) is 5.55. The first-order valence-electron chi connectivity index (χ1n) is 9.82. The van der Waals surface area contributed by atoms with E-state index in [4.69, 9.17) is 4.74 Å². The number of anilines is 1. The van der Waals surface area contributed by atoms with Crippen molar-refractivity contribution in [3.8, 4) is 5.75 Å². The topological polar surface area (TPSA) is 74.3 Å². The van der Waals surface area contributed by atoms with Crippen LogP contribution in [0.15, 0.2) is 72.9 Å². The van der Waals surface area contributed by atoms with E-state index in [0.717, 1.165) is 22.0 Å². The number of aromatic amines is 1. The minimum atomic E-state index is -0.593. The summed E-state index contributed by atoms with van der Waals surface area (Å²) in [6.45, 7) is 1.91. The van der Waals surface area contributed by atoms with Gasteiger partial charge in [-0.2, -0.15) is 0 Å². The van der Waals surface area contributed by atoms with Gasteiger partial charge in [0.05, 0.1) is 13.7 Å². The van der Waals surface area contributed by atoms with Gasteiger partial charge in [0.1, 0.15) is 11.8 Å². The maximum absolute atomic E-state index is 13.7. The Morgan fingerprint density at radius 2 is 1.90 bits per heavy atom. The lowest BCUT2D eigenvalue weighted by molar-refractivity contribution is 0.0971. The molecule has 0 saturated carbocycles. The third kappa shape index (κ3) is 3.80. The third-order valence-corrected chi connectivity index (χ3v) is 5.28. The number of nitrogens with one attached hydrogen (secondary N) is 2. The summed E-state index contributed by atoms with van der Waals surface area (Å²) in [5.74, 6) is 0.581. The number of para-hydroxylation sites is 1. The highest BCUT2D eigenvalue weighted by Gasteiger charge is 2.25. The van der Waals surface area contributed by atoms with Crippen molar-refractivity contribution in [1.82, 2.24) is 4.98 Å². The average molecular weight is 400 g/mol. The van der Waals surface area contributed by atoms with Gasteiger partial charge in [-0.1, -0.05) is 48.5 Å². The van der Waals surface area contributed by atoms with Crippen LogP contribution in [0.5, 0.6) is 5.75 Å². The molecule has 4 rings (SSSR count). The van der Waals surface area contributed by atoms with E-state index in [1.165, 1.54) is 0 Å². The predicted molar refractivity (Wildman–Crippen MR) is 119 cm³/mol. The summed E-state index contributed by atoms with van der Waals surface area (Å²) in [7, 11) is 1.58. The van der Waals surface area contributed by atoms with Crippen molar-refractivity contribution in [3.63, 3.8) is 0 Å². The van der Waals surface area contributed by atoms with Crippen LogP contribution in [-0.2, 0) is 6.61 Å².